The maximum atomic E-state index is 14.1. The first-order valence-electron chi connectivity index (χ1n) is 11.4. The number of fused-ring (bicyclic) bond motifs is 2. The van der Waals surface area contributed by atoms with Crippen LogP contribution in [0.4, 0.5) is 10.2 Å². The van der Waals surface area contributed by atoms with E-state index in [1.165, 1.54) is 11.6 Å². The molecule has 7 nitrogen and oxygen atoms in total. The highest BCUT2D eigenvalue weighted by Crippen LogP contribution is 2.51. The lowest BCUT2D eigenvalue weighted by Crippen LogP contribution is -2.44. The molecule has 3 aromatic heterocycles. The summed E-state index contributed by atoms with van der Waals surface area (Å²) in [5.41, 5.74) is 10.8. The van der Waals surface area contributed by atoms with Gasteiger partial charge in [-0.15, -0.1) is 0 Å². The highest BCUT2D eigenvalue weighted by Gasteiger charge is 2.46. The summed E-state index contributed by atoms with van der Waals surface area (Å²) >= 11 is 6.26. The number of benzene rings is 1. The summed E-state index contributed by atoms with van der Waals surface area (Å²) in [6, 6.07) is 6.69. The van der Waals surface area contributed by atoms with Crippen molar-refractivity contribution in [2.24, 2.45) is 11.1 Å². The average molecular weight is 479 g/mol. The molecule has 1 saturated heterocycles. The number of hydrogen-bond acceptors (Lipinski definition) is 6. The van der Waals surface area contributed by atoms with Gasteiger partial charge in [-0.25, -0.2) is 14.4 Å². The van der Waals surface area contributed by atoms with E-state index < -0.39 is 5.82 Å². The number of nitrogens with zero attached hydrogens (tertiary/aromatic N) is 5. The fourth-order valence-corrected chi connectivity index (χ4v) is 5.86. The molecule has 9 heteroatoms. The van der Waals surface area contributed by atoms with Crippen molar-refractivity contribution in [3.63, 3.8) is 0 Å². The summed E-state index contributed by atoms with van der Waals surface area (Å²) in [5, 5.41) is 10.1. The summed E-state index contributed by atoms with van der Waals surface area (Å²) in [6.07, 6.45) is 10.0. The summed E-state index contributed by atoms with van der Waals surface area (Å²) in [7, 11) is 0. The molecule has 1 spiro atoms. The van der Waals surface area contributed by atoms with E-state index in [-0.39, 0.29) is 23.1 Å². The van der Waals surface area contributed by atoms with Gasteiger partial charge in [0.25, 0.3) is 0 Å². The number of anilines is 1. The first-order valence-corrected chi connectivity index (χ1v) is 11.7. The van der Waals surface area contributed by atoms with E-state index in [1.54, 1.807) is 24.5 Å². The van der Waals surface area contributed by atoms with Crippen molar-refractivity contribution in [3.8, 4) is 11.4 Å². The van der Waals surface area contributed by atoms with E-state index >= 15 is 0 Å². The van der Waals surface area contributed by atoms with E-state index in [0.29, 0.717) is 22.6 Å². The molecule has 0 radical (unpaired) electrons. The lowest BCUT2D eigenvalue weighted by atomic mass is 9.73. The third-order valence-corrected chi connectivity index (χ3v) is 7.88. The highest BCUT2D eigenvalue weighted by molar-refractivity contribution is 6.33. The van der Waals surface area contributed by atoms with Crippen molar-refractivity contribution < 1.29 is 9.50 Å². The molecule has 4 heterocycles. The van der Waals surface area contributed by atoms with Crippen LogP contribution in [0, 0.1) is 11.2 Å². The van der Waals surface area contributed by atoms with Crippen LogP contribution in [0.2, 0.25) is 5.02 Å². The molecule has 0 saturated carbocycles. The highest BCUT2D eigenvalue weighted by atomic mass is 35.5. The minimum Gasteiger partial charge on any atom is -0.390 e. The minimum atomic E-state index is -0.513. The number of aromatic nitrogens is 4. The van der Waals surface area contributed by atoms with Crippen LogP contribution in [-0.2, 0) is 13.0 Å². The molecule has 1 fully saturated rings. The van der Waals surface area contributed by atoms with E-state index in [0.717, 1.165) is 43.7 Å². The maximum Gasteiger partial charge on any atom is 0.154 e. The van der Waals surface area contributed by atoms with Gasteiger partial charge in [-0.1, -0.05) is 17.7 Å². The fourth-order valence-electron chi connectivity index (χ4n) is 5.65. The Morgan fingerprint density at radius 2 is 2.03 bits per heavy atom. The first-order chi connectivity index (χ1) is 16.5. The van der Waals surface area contributed by atoms with Crippen LogP contribution >= 0.6 is 11.6 Å². The zero-order chi connectivity index (χ0) is 23.4. The van der Waals surface area contributed by atoms with Crippen molar-refractivity contribution in [3.05, 3.63) is 76.7 Å². The standard InChI is InChI=1S/C25H24ClFN6O/c26-20-16(2-1-3-18(20)27)23-31-19(14-34)21-24(30-8-11-33(21)23)32-9-5-25(6-10-32)12-15-4-7-29-13-17(15)22(25)28/h1-4,7-8,11,13,22,34H,5-6,9-10,12,14,28H2. The van der Waals surface area contributed by atoms with Crippen LogP contribution in [0.5, 0.6) is 0 Å². The van der Waals surface area contributed by atoms with Gasteiger partial charge in [-0.05, 0) is 54.0 Å². The van der Waals surface area contributed by atoms with E-state index in [4.69, 9.17) is 17.3 Å². The van der Waals surface area contributed by atoms with E-state index in [1.807, 2.05) is 16.8 Å². The number of nitrogens with two attached hydrogens (primary N) is 1. The molecule has 1 aliphatic heterocycles. The number of piperidine rings is 1. The van der Waals surface area contributed by atoms with Crippen molar-refractivity contribution in [2.45, 2.75) is 31.9 Å². The molecule has 0 bridgehead atoms. The van der Waals surface area contributed by atoms with Gasteiger partial charge in [0.2, 0.25) is 0 Å². The zero-order valence-electron chi connectivity index (χ0n) is 18.5. The summed E-state index contributed by atoms with van der Waals surface area (Å²) in [4.78, 5) is 15.8. The normalized spacial score (nSPS) is 19.2. The van der Waals surface area contributed by atoms with Gasteiger partial charge in [0.15, 0.2) is 5.82 Å². The van der Waals surface area contributed by atoms with Crippen LogP contribution in [-0.4, -0.2) is 37.5 Å². The lowest BCUT2D eigenvalue weighted by molar-refractivity contribution is 0.187. The Morgan fingerprint density at radius 1 is 1.21 bits per heavy atom. The van der Waals surface area contributed by atoms with Gasteiger partial charge in [0.1, 0.15) is 17.2 Å². The Labute approximate surface area is 201 Å². The maximum absolute atomic E-state index is 14.1. The molecular weight excluding hydrogens is 455 g/mol. The summed E-state index contributed by atoms with van der Waals surface area (Å²) in [6.45, 7) is 1.31. The quantitative estimate of drug-likeness (QED) is 0.463. The number of hydrogen-bond donors (Lipinski definition) is 2. The lowest BCUT2D eigenvalue weighted by Gasteiger charge is -2.42. The molecule has 0 amide bonds. The molecule has 1 aromatic carbocycles. The number of halogens is 2. The number of aliphatic hydroxyl groups is 1. The zero-order valence-corrected chi connectivity index (χ0v) is 19.2. The number of imidazole rings is 1. The predicted octanol–water partition coefficient (Wildman–Crippen LogP) is 3.92. The molecular formula is C25H24ClFN6O. The Bertz CT molecular complexity index is 1400. The molecule has 4 aromatic rings. The van der Waals surface area contributed by atoms with Gasteiger partial charge in [-0.2, -0.15) is 0 Å². The Kier molecular flexibility index (Phi) is 5.05. The molecule has 6 rings (SSSR count). The van der Waals surface area contributed by atoms with Gasteiger partial charge in [0.05, 0.1) is 17.3 Å². The molecule has 34 heavy (non-hydrogen) atoms. The predicted molar refractivity (Wildman–Crippen MR) is 128 cm³/mol. The molecule has 1 atom stereocenters. The Morgan fingerprint density at radius 3 is 2.79 bits per heavy atom. The van der Waals surface area contributed by atoms with Crippen molar-refractivity contribution in [2.75, 3.05) is 18.0 Å². The monoisotopic (exact) mass is 478 g/mol. The molecule has 3 N–H and O–H groups in total. The Balaban J connectivity index is 1.36. The van der Waals surface area contributed by atoms with Crippen LogP contribution in [0.1, 0.15) is 35.7 Å². The largest absolute Gasteiger partial charge is 0.390 e. The molecule has 2 aliphatic rings. The van der Waals surface area contributed by atoms with Crippen molar-refractivity contribution in [1.29, 1.82) is 0 Å². The van der Waals surface area contributed by atoms with E-state index in [9.17, 15) is 9.50 Å². The van der Waals surface area contributed by atoms with Crippen LogP contribution in [0.3, 0.4) is 0 Å². The smallest absolute Gasteiger partial charge is 0.154 e. The Hall–Kier alpha value is -3.07. The van der Waals surface area contributed by atoms with Crippen molar-refractivity contribution >= 4 is 22.9 Å². The number of rotatable bonds is 3. The van der Waals surface area contributed by atoms with E-state index in [2.05, 4.69) is 25.9 Å². The second-order valence-corrected chi connectivity index (χ2v) is 9.57. The topological polar surface area (TPSA) is 92.6 Å². The van der Waals surface area contributed by atoms with Gasteiger partial charge in [-0.3, -0.25) is 9.38 Å². The third kappa shape index (κ3) is 3.13. The molecule has 1 aliphatic carbocycles. The summed E-state index contributed by atoms with van der Waals surface area (Å²) < 4.78 is 16.0. The van der Waals surface area contributed by atoms with Crippen LogP contribution in [0.15, 0.2) is 49.1 Å². The van der Waals surface area contributed by atoms with Gasteiger partial charge in [0, 0.05) is 49.5 Å². The first kappa shape index (κ1) is 21.5. The molecule has 174 valence electrons. The van der Waals surface area contributed by atoms with Crippen LogP contribution in [0.25, 0.3) is 16.9 Å². The number of pyridine rings is 1. The second kappa shape index (κ2) is 8.01. The summed E-state index contributed by atoms with van der Waals surface area (Å²) in [5.74, 6) is 0.709. The molecule has 1 unspecified atom stereocenters. The third-order valence-electron chi connectivity index (χ3n) is 7.49. The fraction of sp³-hybridized carbons (Fsp3) is 0.320. The van der Waals surface area contributed by atoms with Crippen LogP contribution < -0.4 is 10.6 Å². The van der Waals surface area contributed by atoms with Gasteiger partial charge >= 0.3 is 0 Å². The average Bonchev–Trinajstić information content (AvgIpc) is 3.37. The SMILES string of the molecule is NC1c2cnccc2CC12CCN(c1nccn3c(-c4cccc(F)c4Cl)nc(CO)c13)CC2. The second-order valence-electron chi connectivity index (χ2n) is 9.19. The number of aliphatic hydroxyl groups excluding tert-OH is 1. The minimum absolute atomic E-state index is 0.00134. The van der Waals surface area contributed by atoms with Gasteiger partial charge < -0.3 is 15.7 Å². The van der Waals surface area contributed by atoms with Crippen molar-refractivity contribution in [1.82, 2.24) is 19.4 Å².